The molecule has 0 spiro atoms. The topological polar surface area (TPSA) is 72.8 Å². The monoisotopic (exact) mass is 569 g/mol. The van der Waals surface area contributed by atoms with Crippen LogP contribution in [-0.4, -0.2) is 36.4 Å². The van der Waals surface area contributed by atoms with E-state index in [4.69, 9.17) is 9.47 Å². The molecule has 0 heterocycles. The molecule has 0 aliphatic carbocycles. The van der Waals surface area contributed by atoms with Crippen LogP contribution in [0.5, 0.6) is 0 Å². The Labute approximate surface area is 248 Å². The van der Waals surface area contributed by atoms with E-state index in [1.807, 2.05) is 0 Å². The number of aliphatic hydroxyl groups excluding tert-OH is 1. The van der Waals surface area contributed by atoms with Crippen molar-refractivity contribution in [3.63, 3.8) is 0 Å². The molecular formula is C35H68O5. The van der Waals surface area contributed by atoms with Crippen molar-refractivity contribution in [2.45, 2.75) is 188 Å². The average molecular weight is 569 g/mol. The van der Waals surface area contributed by atoms with Crippen molar-refractivity contribution in [1.29, 1.82) is 0 Å². The third kappa shape index (κ3) is 29.9. The molecule has 0 aromatic heterocycles. The van der Waals surface area contributed by atoms with Crippen LogP contribution in [-0.2, 0) is 19.1 Å². The molecule has 238 valence electrons. The number of esters is 2. The van der Waals surface area contributed by atoms with Gasteiger partial charge < -0.3 is 14.6 Å². The fourth-order valence-corrected chi connectivity index (χ4v) is 5.01. The molecule has 0 aliphatic heterocycles. The van der Waals surface area contributed by atoms with Gasteiger partial charge in [-0.15, -0.1) is 0 Å². The summed E-state index contributed by atoms with van der Waals surface area (Å²) < 4.78 is 10.3. The van der Waals surface area contributed by atoms with Crippen LogP contribution in [0.25, 0.3) is 0 Å². The van der Waals surface area contributed by atoms with E-state index in [-0.39, 0.29) is 25.2 Å². The molecule has 0 bridgehead atoms. The third-order valence-electron chi connectivity index (χ3n) is 8.06. The molecule has 40 heavy (non-hydrogen) atoms. The first kappa shape index (κ1) is 38.9. The fourth-order valence-electron chi connectivity index (χ4n) is 5.01. The summed E-state index contributed by atoms with van der Waals surface area (Å²) in [6, 6.07) is 0. The summed E-state index contributed by atoms with van der Waals surface area (Å²) in [6.45, 7) is 8.99. The van der Waals surface area contributed by atoms with Crippen LogP contribution >= 0.6 is 0 Å². The van der Waals surface area contributed by atoms with Gasteiger partial charge in [0.2, 0.25) is 0 Å². The second-order valence-electron chi connectivity index (χ2n) is 12.7. The Morgan fingerprint density at radius 3 is 1.20 bits per heavy atom. The number of hydrogen-bond donors (Lipinski definition) is 1. The van der Waals surface area contributed by atoms with Crippen molar-refractivity contribution >= 4 is 11.9 Å². The third-order valence-corrected chi connectivity index (χ3v) is 8.06. The lowest BCUT2D eigenvalue weighted by molar-refractivity contribution is -0.152. The second kappa shape index (κ2) is 29.4. The molecule has 5 heteroatoms. The van der Waals surface area contributed by atoms with Gasteiger partial charge in [0.1, 0.15) is 19.3 Å². The van der Waals surface area contributed by atoms with Crippen LogP contribution in [0.3, 0.4) is 0 Å². The maximum atomic E-state index is 11.9. The molecule has 0 rings (SSSR count). The van der Waals surface area contributed by atoms with Gasteiger partial charge in [-0.05, 0) is 24.7 Å². The number of hydrogen-bond acceptors (Lipinski definition) is 5. The summed E-state index contributed by atoms with van der Waals surface area (Å²) in [6.07, 6.45) is 27.2. The van der Waals surface area contributed by atoms with E-state index in [0.29, 0.717) is 12.8 Å². The molecular weight excluding hydrogens is 500 g/mol. The Morgan fingerprint density at radius 1 is 0.525 bits per heavy atom. The molecule has 0 saturated carbocycles. The first-order valence-corrected chi connectivity index (χ1v) is 17.3. The summed E-state index contributed by atoms with van der Waals surface area (Å²) in [7, 11) is 0. The molecule has 0 fully saturated rings. The Kier molecular flexibility index (Phi) is 28.6. The standard InChI is InChI=1S/C35H68O5/c1-5-32(4)26-22-18-14-10-6-7-11-15-19-23-27-34(37)39-29-33(36)30-40-35(38)28-24-20-16-12-8-9-13-17-21-25-31(2)3/h31-33,36H,5-30H2,1-4H3/t32?,33-/m0/s1. The molecule has 0 aromatic carbocycles. The van der Waals surface area contributed by atoms with Crippen molar-refractivity contribution in [3.8, 4) is 0 Å². The van der Waals surface area contributed by atoms with Gasteiger partial charge in [-0.25, -0.2) is 0 Å². The van der Waals surface area contributed by atoms with Gasteiger partial charge in [-0.2, -0.15) is 0 Å². The highest BCUT2D eigenvalue weighted by Gasteiger charge is 2.12. The minimum Gasteiger partial charge on any atom is -0.463 e. The Balaban J connectivity index is 3.42. The van der Waals surface area contributed by atoms with Gasteiger partial charge in [0, 0.05) is 12.8 Å². The van der Waals surface area contributed by atoms with Crippen molar-refractivity contribution in [1.82, 2.24) is 0 Å². The van der Waals surface area contributed by atoms with Crippen LogP contribution in [0.2, 0.25) is 0 Å². The van der Waals surface area contributed by atoms with Gasteiger partial charge in [-0.3, -0.25) is 9.59 Å². The molecule has 0 radical (unpaired) electrons. The normalized spacial score (nSPS) is 12.9. The van der Waals surface area contributed by atoms with Gasteiger partial charge in [0.25, 0.3) is 0 Å². The van der Waals surface area contributed by atoms with E-state index in [1.54, 1.807) is 0 Å². The summed E-state index contributed by atoms with van der Waals surface area (Å²) >= 11 is 0. The largest absolute Gasteiger partial charge is 0.463 e. The first-order chi connectivity index (χ1) is 19.3. The van der Waals surface area contributed by atoms with E-state index in [2.05, 4.69) is 27.7 Å². The lowest BCUT2D eigenvalue weighted by Gasteiger charge is -2.12. The highest BCUT2D eigenvalue weighted by Crippen LogP contribution is 2.16. The van der Waals surface area contributed by atoms with E-state index < -0.39 is 6.10 Å². The number of rotatable bonds is 30. The number of carbonyl (C=O) groups is 2. The number of unbranched alkanes of at least 4 members (excludes halogenated alkanes) is 17. The van der Waals surface area contributed by atoms with Crippen molar-refractivity contribution in [3.05, 3.63) is 0 Å². The van der Waals surface area contributed by atoms with Crippen LogP contribution in [0.15, 0.2) is 0 Å². The van der Waals surface area contributed by atoms with E-state index in [9.17, 15) is 14.7 Å². The quantitative estimate of drug-likeness (QED) is 0.0689. The smallest absolute Gasteiger partial charge is 0.305 e. The predicted octanol–water partition coefficient (Wildman–Crippen LogP) is 10.1. The van der Waals surface area contributed by atoms with E-state index >= 15 is 0 Å². The highest BCUT2D eigenvalue weighted by molar-refractivity contribution is 5.69. The Hall–Kier alpha value is -1.10. The summed E-state index contributed by atoms with van der Waals surface area (Å²) in [5.41, 5.74) is 0. The van der Waals surface area contributed by atoms with Gasteiger partial charge in [0.05, 0.1) is 0 Å². The van der Waals surface area contributed by atoms with Crippen LogP contribution in [0.1, 0.15) is 182 Å². The Morgan fingerprint density at radius 2 is 0.850 bits per heavy atom. The number of ether oxygens (including phenoxy) is 2. The van der Waals surface area contributed by atoms with Gasteiger partial charge in [0.15, 0.2) is 0 Å². The number of carbonyl (C=O) groups excluding carboxylic acids is 2. The minimum atomic E-state index is -0.955. The van der Waals surface area contributed by atoms with Crippen molar-refractivity contribution in [2.24, 2.45) is 11.8 Å². The average Bonchev–Trinajstić information content (AvgIpc) is 2.93. The molecule has 0 aliphatic rings. The SMILES string of the molecule is CCC(C)CCCCCCCCCCCCC(=O)OC[C@H](O)COC(=O)CCCCCCCCCCCC(C)C. The van der Waals surface area contributed by atoms with Crippen LogP contribution in [0.4, 0.5) is 0 Å². The molecule has 1 unspecified atom stereocenters. The second-order valence-corrected chi connectivity index (χ2v) is 12.7. The zero-order valence-corrected chi connectivity index (χ0v) is 27.2. The zero-order valence-electron chi connectivity index (χ0n) is 27.2. The van der Waals surface area contributed by atoms with Crippen molar-refractivity contribution < 1.29 is 24.2 Å². The molecule has 2 atom stereocenters. The molecule has 0 aromatic rings. The highest BCUT2D eigenvalue weighted by atomic mass is 16.6. The maximum absolute atomic E-state index is 11.9. The molecule has 0 amide bonds. The van der Waals surface area contributed by atoms with Crippen LogP contribution in [0, 0.1) is 11.8 Å². The molecule has 0 saturated heterocycles. The molecule has 1 N–H and O–H groups in total. The number of aliphatic hydroxyl groups is 1. The summed E-state index contributed by atoms with van der Waals surface area (Å²) in [5.74, 6) is 1.14. The van der Waals surface area contributed by atoms with Gasteiger partial charge >= 0.3 is 11.9 Å². The van der Waals surface area contributed by atoms with E-state index in [1.165, 1.54) is 109 Å². The van der Waals surface area contributed by atoms with Gasteiger partial charge in [-0.1, -0.05) is 156 Å². The summed E-state index contributed by atoms with van der Waals surface area (Å²) in [4.78, 5) is 23.8. The predicted molar refractivity (Wildman–Crippen MR) is 168 cm³/mol. The van der Waals surface area contributed by atoms with Crippen molar-refractivity contribution in [2.75, 3.05) is 13.2 Å². The maximum Gasteiger partial charge on any atom is 0.305 e. The minimum absolute atomic E-state index is 0.110. The van der Waals surface area contributed by atoms with E-state index in [0.717, 1.165) is 43.9 Å². The zero-order chi connectivity index (χ0) is 29.7. The summed E-state index contributed by atoms with van der Waals surface area (Å²) in [5, 5.41) is 9.96. The Bertz CT molecular complexity index is 562. The lowest BCUT2D eigenvalue weighted by atomic mass is 9.99. The molecule has 5 nitrogen and oxygen atoms in total. The lowest BCUT2D eigenvalue weighted by Crippen LogP contribution is -2.25. The first-order valence-electron chi connectivity index (χ1n) is 17.3. The fraction of sp³-hybridized carbons (Fsp3) is 0.943. The van der Waals surface area contributed by atoms with Crippen LogP contribution < -0.4 is 0 Å².